The third-order valence-corrected chi connectivity index (χ3v) is 11.2. The molecule has 3 N–H and O–H groups in total. The zero-order chi connectivity index (χ0) is 33.1. The number of rotatable bonds is 9. The molecule has 0 aliphatic heterocycles. The molecule has 2 amide bonds. The van der Waals surface area contributed by atoms with E-state index in [2.05, 4.69) is 36.3 Å². The second-order valence-electron chi connectivity index (χ2n) is 14.3. The maximum Gasteiger partial charge on any atom is 0.255 e. The van der Waals surface area contributed by atoms with Gasteiger partial charge in [0.2, 0.25) is 0 Å². The van der Waals surface area contributed by atoms with E-state index in [-0.39, 0.29) is 29.1 Å². The lowest BCUT2D eigenvalue weighted by Gasteiger charge is -2.62. The van der Waals surface area contributed by atoms with Crippen molar-refractivity contribution in [3.8, 4) is 22.5 Å². The minimum Gasteiger partial charge on any atom is -0.455 e. The van der Waals surface area contributed by atoms with Crippen molar-refractivity contribution in [2.24, 2.45) is 17.3 Å². The van der Waals surface area contributed by atoms with Crippen LogP contribution in [0.4, 0.5) is 10.1 Å². The summed E-state index contributed by atoms with van der Waals surface area (Å²) >= 11 is 0. The summed E-state index contributed by atoms with van der Waals surface area (Å²) in [6.45, 7) is 7.79. The fourth-order valence-electron chi connectivity index (χ4n) is 9.40. The van der Waals surface area contributed by atoms with Crippen LogP contribution < -0.4 is 15.5 Å². The molecule has 4 fully saturated rings. The van der Waals surface area contributed by atoms with Crippen LogP contribution in [-0.2, 0) is 0 Å². The van der Waals surface area contributed by atoms with E-state index in [1.807, 2.05) is 36.4 Å². The van der Waals surface area contributed by atoms with Crippen LogP contribution in [0.15, 0.2) is 65.1 Å². The molecule has 8 heteroatoms. The second kappa shape index (κ2) is 11.8. The zero-order valence-corrected chi connectivity index (χ0v) is 27.7. The molecule has 47 heavy (non-hydrogen) atoms. The topological polar surface area (TPSA) is 94.8 Å². The van der Waals surface area contributed by atoms with Gasteiger partial charge < -0.3 is 25.1 Å². The van der Waals surface area contributed by atoms with Gasteiger partial charge in [0.1, 0.15) is 17.2 Å². The fraction of sp³-hybridized carbons (Fsp3) is 0.436. The molecule has 3 unspecified atom stereocenters. The molecule has 3 aromatic carbocycles. The van der Waals surface area contributed by atoms with Gasteiger partial charge in [0.05, 0.1) is 11.2 Å². The number of nitrogens with zero attached hydrogens (tertiary/aromatic N) is 1. The zero-order valence-electron chi connectivity index (χ0n) is 27.7. The lowest BCUT2D eigenvalue weighted by Crippen LogP contribution is -2.61. The minimum absolute atomic E-state index is 0.0513. The van der Waals surface area contributed by atoms with E-state index in [0.29, 0.717) is 45.3 Å². The van der Waals surface area contributed by atoms with Gasteiger partial charge in [-0.15, -0.1) is 0 Å². The van der Waals surface area contributed by atoms with Gasteiger partial charge in [-0.3, -0.25) is 9.59 Å². The normalized spacial score (nSPS) is 25.1. The van der Waals surface area contributed by atoms with Crippen molar-refractivity contribution in [3.05, 3.63) is 77.6 Å². The first-order chi connectivity index (χ1) is 22.5. The summed E-state index contributed by atoms with van der Waals surface area (Å²) in [7, 11) is 1.58. The lowest BCUT2D eigenvalue weighted by atomic mass is 9.46. The Balaban J connectivity index is 1.27. The molecule has 4 aliphatic rings. The van der Waals surface area contributed by atoms with Crippen LogP contribution in [0.5, 0.6) is 0 Å². The third kappa shape index (κ3) is 5.50. The monoisotopic (exact) mass is 637 g/mol. The van der Waals surface area contributed by atoms with Crippen molar-refractivity contribution in [2.45, 2.75) is 70.9 Å². The van der Waals surface area contributed by atoms with Crippen LogP contribution in [0.1, 0.15) is 80.0 Å². The van der Waals surface area contributed by atoms with Gasteiger partial charge in [-0.25, -0.2) is 4.39 Å². The van der Waals surface area contributed by atoms with Crippen LogP contribution in [0.25, 0.3) is 33.4 Å². The van der Waals surface area contributed by atoms with Crippen molar-refractivity contribution in [1.82, 2.24) is 10.6 Å². The van der Waals surface area contributed by atoms with E-state index in [1.54, 1.807) is 19.2 Å². The number of anilines is 1. The minimum atomic E-state index is -0.584. The molecule has 4 saturated carbocycles. The van der Waals surface area contributed by atoms with E-state index >= 15 is 0 Å². The SMILES string of the molecule is CCN(CC)c1cc2oc(-c3ccc(F)cc3)c(C(=O)NC)c2cc1-c1cccc(C(=O)NC(C)[C@]23CC4CC(C[C@](O)(C4)C2)C3)c1. The third-order valence-electron chi connectivity index (χ3n) is 11.2. The molecule has 1 heterocycles. The Kier molecular flexibility index (Phi) is 7.90. The standard InChI is InChI=1S/C39H44FN3O4/c1-5-43(6-2)32-17-33-31(34(37(45)41-4)35(47-33)26-10-12-29(40)13-11-26)16-30(32)27-8-7-9-28(15-27)36(44)42-23(3)38-18-24-14-25(19-38)21-39(46,20-24)22-38/h7-13,15-17,23-25,46H,5-6,14,18-22H2,1-4H3,(H,41,45)(H,42,44)/t23?,24?,25?,38-,39+. The van der Waals surface area contributed by atoms with Crippen LogP contribution >= 0.6 is 0 Å². The van der Waals surface area contributed by atoms with Gasteiger partial charge in [-0.1, -0.05) is 12.1 Å². The van der Waals surface area contributed by atoms with Crippen molar-refractivity contribution in [1.29, 1.82) is 0 Å². The van der Waals surface area contributed by atoms with Gasteiger partial charge in [-0.2, -0.15) is 0 Å². The van der Waals surface area contributed by atoms with Crippen molar-refractivity contribution >= 4 is 28.5 Å². The number of aliphatic hydroxyl groups is 1. The molecule has 4 aromatic rings. The summed E-state index contributed by atoms with van der Waals surface area (Å²) in [5.41, 5.74) is 4.11. The highest BCUT2D eigenvalue weighted by Gasteiger charge is 2.59. The number of halogens is 1. The maximum atomic E-state index is 13.8. The number of furan rings is 1. The molecule has 0 spiro atoms. The largest absolute Gasteiger partial charge is 0.455 e. The number of hydrogen-bond donors (Lipinski definition) is 3. The van der Waals surface area contributed by atoms with Crippen molar-refractivity contribution in [3.63, 3.8) is 0 Å². The number of carbonyl (C=O) groups excluding carboxylic acids is 2. The molecular formula is C39H44FN3O4. The number of carbonyl (C=O) groups is 2. The van der Waals surface area contributed by atoms with E-state index in [1.165, 1.54) is 18.6 Å². The Morgan fingerprint density at radius 2 is 1.68 bits per heavy atom. The summed E-state index contributed by atoms with van der Waals surface area (Å²) in [6.07, 6.45) is 5.90. The molecule has 4 bridgehead atoms. The second-order valence-corrected chi connectivity index (χ2v) is 14.3. The smallest absolute Gasteiger partial charge is 0.255 e. The van der Waals surface area contributed by atoms with Gasteiger partial charge >= 0.3 is 0 Å². The molecule has 0 saturated heterocycles. The first-order valence-corrected chi connectivity index (χ1v) is 17.0. The first kappa shape index (κ1) is 31.4. The highest BCUT2D eigenvalue weighted by Crippen LogP contribution is 2.62. The lowest BCUT2D eigenvalue weighted by molar-refractivity contribution is -0.171. The van der Waals surface area contributed by atoms with Crippen molar-refractivity contribution < 1.29 is 23.5 Å². The molecule has 3 atom stereocenters. The van der Waals surface area contributed by atoms with Crippen LogP contribution in [-0.4, -0.2) is 48.7 Å². The Labute approximate surface area is 275 Å². The molecule has 0 radical (unpaired) electrons. The predicted molar refractivity (Wildman–Crippen MR) is 183 cm³/mol. The molecule has 4 aliphatic carbocycles. The summed E-state index contributed by atoms with van der Waals surface area (Å²) in [5.74, 6) is 0.665. The Bertz CT molecular complexity index is 1830. The van der Waals surface area contributed by atoms with Gasteiger partial charge in [0, 0.05) is 60.0 Å². The summed E-state index contributed by atoms with van der Waals surface area (Å²) in [4.78, 5) is 29.4. The Morgan fingerprint density at radius 3 is 2.32 bits per heavy atom. The first-order valence-electron chi connectivity index (χ1n) is 17.0. The summed E-state index contributed by atoms with van der Waals surface area (Å²) < 4.78 is 20.1. The Hall–Kier alpha value is -4.17. The maximum absolute atomic E-state index is 13.8. The predicted octanol–water partition coefficient (Wildman–Crippen LogP) is 7.56. The quantitative estimate of drug-likeness (QED) is 0.176. The van der Waals surface area contributed by atoms with Crippen LogP contribution in [0.3, 0.4) is 0 Å². The average molecular weight is 638 g/mol. The van der Waals surface area contributed by atoms with Gasteiger partial charge in [0.15, 0.2) is 0 Å². The molecular weight excluding hydrogens is 593 g/mol. The summed E-state index contributed by atoms with van der Waals surface area (Å²) in [5, 5.41) is 18.0. The average Bonchev–Trinajstić information content (AvgIpc) is 3.42. The molecule has 1 aromatic heterocycles. The number of fused-ring (bicyclic) bond motifs is 1. The number of benzene rings is 3. The van der Waals surface area contributed by atoms with Crippen molar-refractivity contribution in [2.75, 3.05) is 25.0 Å². The fourth-order valence-corrected chi connectivity index (χ4v) is 9.40. The van der Waals surface area contributed by atoms with E-state index in [0.717, 1.165) is 62.0 Å². The van der Waals surface area contributed by atoms with Crippen LogP contribution in [0, 0.1) is 23.1 Å². The molecule has 7 nitrogen and oxygen atoms in total. The number of nitrogens with one attached hydrogen (secondary N) is 2. The van der Waals surface area contributed by atoms with Gasteiger partial charge in [-0.05, 0) is 125 Å². The highest BCUT2D eigenvalue weighted by molar-refractivity contribution is 6.13. The molecule has 246 valence electrons. The van der Waals surface area contributed by atoms with E-state index in [4.69, 9.17) is 4.42 Å². The van der Waals surface area contributed by atoms with E-state index < -0.39 is 5.60 Å². The number of hydrogen-bond acceptors (Lipinski definition) is 5. The van der Waals surface area contributed by atoms with Gasteiger partial charge in [0.25, 0.3) is 11.8 Å². The molecule has 8 rings (SSSR count). The Morgan fingerprint density at radius 1 is 0.979 bits per heavy atom. The number of amides is 2. The van der Waals surface area contributed by atoms with E-state index in [9.17, 15) is 19.1 Å². The highest BCUT2D eigenvalue weighted by atomic mass is 19.1. The van der Waals surface area contributed by atoms with Crippen LogP contribution in [0.2, 0.25) is 0 Å². The summed E-state index contributed by atoms with van der Waals surface area (Å²) in [6, 6.07) is 17.5.